The van der Waals surface area contributed by atoms with E-state index in [-0.39, 0.29) is 18.4 Å². The van der Waals surface area contributed by atoms with Gasteiger partial charge in [-0.1, -0.05) is 0 Å². The largest absolute Gasteiger partial charge is 0.468 e. The van der Waals surface area contributed by atoms with Crippen LogP contribution in [0.1, 0.15) is 6.42 Å². The van der Waals surface area contributed by atoms with Gasteiger partial charge in [-0.3, -0.25) is 9.59 Å². The third kappa shape index (κ3) is 3.02. The lowest BCUT2D eigenvalue weighted by Gasteiger charge is -2.17. The van der Waals surface area contributed by atoms with Gasteiger partial charge in [0, 0.05) is 26.1 Å². The lowest BCUT2D eigenvalue weighted by molar-refractivity contribution is -0.146. The van der Waals surface area contributed by atoms with Gasteiger partial charge in [-0.25, -0.2) is 0 Å². The molecule has 0 radical (unpaired) electrons. The average molecular weight is 186 g/mol. The standard InChI is InChI=1S/C8H14N2O3/c1-13-8(12)6-10-5-4-9-3-2-7(10)11/h9H,2-6H2,1H3. The van der Waals surface area contributed by atoms with Gasteiger partial charge in [-0.05, 0) is 0 Å². The van der Waals surface area contributed by atoms with E-state index in [1.54, 1.807) is 0 Å². The maximum atomic E-state index is 11.3. The predicted octanol–water partition coefficient (Wildman–Crippen LogP) is -1.02. The van der Waals surface area contributed by atoms with Crippen LogP contribution in [0.15, 0.2) is 0 Å². The number of hydrogen-bond acceptors (Lipinski definition) is 4. The molecule has 1 saturated heterocycles. The molecule has 1 N–H and O–H groups in total. The molecule has 1 rings (SSSR count). The van der Waals surface area contributed by atoms with E-state index in [2.05, 4.69) is 10.1 Å². The second-order valence-electron chi connectivity index (χ2n) is 2.89. The summed E-state index contributed by atoms with van der Waals surface area (Å²) in [5.74, 6) is -0.356. The third-order valence-electron chi connectivity index (χ3n) is 1.97. The highest BCUT2D eigenvalue weighted by atomic mass is 16.5. The van der Waals surface area contributed by atoms with E-state index < -0.39 is 0 Å². The van der Waals surface area contributed by atoms with Gasteiger partial charge in [0.2, 0.25) is 5.91 Å². The summed E-state index contributed by atoms with van der Waals surface area (Å²) in [6.07, 6.45) is 0.455. The van der Waals surface area contributed by atoms with Gasteiger partial charge in [0.05, 0.1) is 7.11 Å². The van der Waals surface area contributed by atoms with Crippen molar-refractivity contribution in [3.63, 3.8) is 0 Å². The summed E-state index contributed by atoms with van der Waals surface area (Å²) in [7, 11) is 1.32. The normalized spacial score (nSPS) is 18.2. The molecule has 0 spiro atoms. The number of carbonyl (C=O) groups excluding carboxylic acids is 2. The minimum Gasteiger partial charge on any atom is -0.468 e. The SMILES string of the molecule is COC(=O)CN1CCNCCC1=O. The van der Waals surface area contributed by atoms with Crippen molar-refractivity contribution in [1.29, 1.82) is 0 Å². The van der Waals surface area contributed by atoms with Crippen LogP contribution < -0.4 is 5.32 Å². The van der Waals surface area contributed by atoms with E-state index in [4.69, 9.17) is 0 Å². The zero-order chi connectivity index (χ0) is 9.68. The predicted molar refractivity (Wildman–Crippen MR) is 46.1 cm³/mol. The molecule has 13 heavy (non-hydrogen) atoms. The molecule has 0 bridgehead atoms. The monoisotopic (exact) mass is 186 g/mol. The topological polar surface area (TPSA) is 58.6 Å². The first-order valence-corrected chi connectivity index (χ1v) is 4.29. The summed E-state index contributed by atoms with van der Waals surface area (Å²) in [6.45, 7) is 2.07. The van der Waals surface area contributed by atoms with Crippen molar-refractivity contribution in [3.8, 4) is 0 Å². The van der Waals surface area contributed by atoms with Gasteiger partial charge in [0.1, 0.15) is 6.54 Å². The van der Waals surface area contributed by atoms with Crippen LogP contribution in [0.25, 0.3) is 0 Å². The Bertz CT molecular complexity index is 206. The number of nitrogens with one attached hydrogen (secondary N) is 1. The highest BCUT2D eigenvalue weighted by Crippen LogP contribution is 1.97. The number of methoxy groups -OCH3 is 1. The second kappa shape index (κ2) is 4.81. The van der Waals surface area contributed by atoms with E-state index in [9.17, 15) is 9.59 Å². The summed E-state index contributed by atoms with van der Waals surface area (Å²) in [5, 5.41) is 3.08. The maximum absolute atomic E-state index is 11.3. The smallest absolute Gasteiger partial charge is 0.325 e. The van der Waals surface area contributed by atoms with E-state index in [0.717, 1.165) is 6.54 Å². The lowest BCUT2D eigenvalue weighted by Crippen LogP contribution is -2.37. The van der Waals surface area contributed by atoms with Gasteiger partial charge in [0.15, 0.2) is 0 Å². The van der Waals surface area contributed by atoms with Gasteiger partial charge < -0.3 is 15.0 Å². The summed E-state index contributed by atoms with van der Waals surface area (Å²) in [5.41, 5.74) is 0. The number of carbonyl (C=O) groups is 2. The molecule has 0 aromatic rings. The molecule has 1 fully saturated rings. The van der Waals surface area contributed by atoms with E-state index in [1.807, 2.05) is 0 Å². The molecule has 74 valence electrons. The Morgan fingerprint density at radius 1 is 1.62 bits per heavy atom. The molecule has 5 nitrogen and oxygen atoms in total. The second-order valence-corrected chi connectivity index (χ2v) is 2.89. The Morgan fingerprint density at radius 3 is 3.08 bits per heavy atom. The van der Waals surface area contributed by atoms with E-state index in [1.165, 1.54) is 12.0 Å². The lowest BCUT2D eigenvalue weighted by atomic mass is 10.3. The van der Waals surface area contributed by atoms with E-state index >= 15 is 0 Å². The van der Waals surface area contributed by atoms with Gasteiger partial charge in [0.25, 0.3) is 0 Å². The fourth-order valence-corrected chi connectivity index (χ4v) is 1.20. The zero-order valence-electron chi connectivity index (χ0n) is 7.71. The fourth-order valence-electron chi connectivity index (χ4n) is 1.20. The number of esters is 1. The number of nitrogens with zero attached hydrogens (tertiary/aromatic N) is 1. The first-order valence-electron chi connectivity index (χ1n) is 4.29. The van der Waals surface area contributed by atoms with Crippen molar-refractivity contribution in [3.05, 3.63) is 0 Å². The Balaban J connectivity index is 2.45. The maximum Gasteiger partial charge on any atom is 0.325 e. The van der Waals surface area contributed by atoms with Crippen molar-refractivity contribution in [2.75, 3.05) is 33.3 Å². The molecule has 1 amide bonds. The Hall–Kier alpha value is -1.10. The van der Waals surface area contributed by atoms with Gasteiger partial charge in [-0.2, -0.15) is 0 Å². The molecule has 1 aliphatic rings. The van der Waals surface area contributed by atoms with Crippen LogP contribution in [0, 0.1) is 0 Å². The highest BCUT2D eigenvalue weighted by molar-refractivity contribution is 5.82. The summed E-state index contributed by atoms with van der Waals surface area (Å²) in [4.78, 5) is 23.8. The van der Waals surface area contributed by atoms with Crippen LogP contribution in [-0.4, -0.2) is 50.1 Å². The Labute approximate surface area is 77.0 Å². The number of hydrogen-bond donors (Lipinski definition) is 1. The van der Waals surface area contributed by atoms with Crippen LogP contribution in [-0.2, 0) is 14.3 Å². The Kier molecular flexibility index (Phi) is 3.70. The van der Waals surface area contributed by atoms with Crippen molar-refractivity contribution in [1.82, 2.24) is 10.2 Å². The first-order chi connectivity index (χ1) is 6.24. The molecule has 0 aliphatic carbocycles. The molecule has 5 heteroatoms. The number of rotatable bonds is 2. The van der Waals surface area contributed by atoms with Crippen LogP contribution in [0.5, 0.6) is 0 Å². The number of ether oxygens (including phenoxy) is 1. The minimum absolute atomic E-state index is 0.00963. The van der Waals surface area contributed by atoms with Crippen LogP contribution in [0.2, 0.25) is 0 Å². The van der Waals surface area contributed by atoms with Crippen LogP contribution in [0.3, 0.4) is 0 Å². The molecule has 0 saturated carbocycles. The molecular formula is C8H14N2O3. The van der Waals surface area contributed by atoms with Crippen LogP contribution >= 0.6 is 0 Å². The third-order valence-corrected chi connectivity index (χ3v) is 1.97. The number of amides is 1. The summed E-state index contributed by atoms with van der Waals surface area (Å²) >= 11 is 0. The first kappa shape index (κ1) is 9.98. The summed E-state index contributed by atoms with van der Waals surface area (Å²) < 4.78 is 4.49. The Morgan fingerprint density at radius 2 is 2.38 bits per heavy atom. The van der Waals surface area contributed by atoms with Crippen molar-refractivity contribution >= 4 is 11.9 Å². The fraction of sp³-hybridized carbons (Fsp3) is 0.750. The molecule has 0 aromatic heterocycles. The molecular weight excluding hydrogens is 172 g/mol. The van der Waals surface area contributed by atoms with Crippen molar-refractivity contribution in [2.45, 2.75) is 6.42 Å². The highest BCUT2D eigenvalue weighted by Gasteiger charge is 2.18. The summed E-state index contributed by atoms with van der Waals surface area (Å²) in [6, 6.07) is 0. The quantitative estimate of drug-likeness (QED) is 0.561. The average Bonchev–Trinajstić information content (AvgIpc) is 2.32. The van der Waals surface area contributed by atoms with Crippen LogP contribution in [0.4, 0.5) is 0 Å². The molecule has 1 aliphatic heterocycles. The van der Waals surface area contributed by atoms with Crippen molar-refractivity contribution in [2.24, 2.45) is 0 Å². The van der Waals surface area contributed by atoms with Gasteiger partial charge >= 0.3 is 5.97 Å². The molecule has 0 unspecified atom stereocenters. The minimum atomic E-state index is -0.366. The zero-order valence-corrected chi connectivity index (χ0v) is 7.71. The molecule has 0 aromatic carbocycles. The van der Waals surface area contributed by atoms with Gasteiger partial charge in [-0.15, -0.1) is 0 Å². The van der Waals surface area contributed by atoms with E-state index in [0.29, 0.717) is 19.5 Å². The van der Waals surface area contributed by atoms with Crippen molar-refractivity contribution < 1.29 is 14.3 Å². The molecule has 1 heterocycles. The molecule has 0 atom stereocenters.